The standard InChI is InChI=1S/C16H25N3/c1-3-5-6-9-15(17-11-4-2)14-13-18-19-12-8-7-10-16(14)19/h7-8,10,12-13,15,17H,3-6,9,11H2,1-2H3. The van der Waals surface area contributed by atoms with E-state index in [1.54, 1.807) is 0 Å². The molecule has 2 rings (SSSR count). The predicted octanol–water partition coefficient (Wildman–Crippen LogP) is 3.96. The Kier molecular flexibility index (Phi) is 5.40. The summed E-state index contributed by atoms with van der Waals surface area (Å²) >= 11 is 0. The zero-order valence-corrected chi connectivity index (χ0v) is 12.1. The van der Waals surface area contributed by atoms with Crippen LogP contribution >= 0.6 is 0 Å². The molecule has 0 aliphatic rings. The molecule has 1 N–H and O–H groups in total. The molecule has 2 heterocycles. The van der Waals surface area contributed by atoms with Crippen LogP contribution < -0.4 is 5.32 Å². The van der Waals surface area contributed by atoms with Gasteiger partial charge in [0.05, 0.1) is 11.7 Å². The van der Waals surface area contributed by atoms with E-state index >= 15 is 0 Å². The minimum absolute atomic E-state index is 0.436. The number of pyridine rings is 1. The molecule has 1 atom stereocenters. The van der Waals surface area contributed by atoms with Gasteiger partial charge in [0, 0.05) is 17.8 Å². The second-order valence-electron chi connectivity index (χ2n) is 5.13. The van der Waals surface area contributed by atoms with Crippen molar-refractivity contribution in [2.75, 3.05) is 6.54 Å². The smallest absolute Gasteiger partial charge is 0.0709 e. The monoisotopic (exact) mass is 259 g/mol. The molecule has 0 bridgehead atoms. The Hall–Kier alpha value is -1.35. The van der Waals surface area contributed by atoms with Crippen molar-refractivity contribution in [1.29, 1.82) is 0 Å². The maximum absolute atomic E-state index is 4.45. The molecule has 0 radical (unpaired) electrons. The Morgan fingerprint density at radius 3 is 2.89 bits per heavy atom. The first-order valence-corrected chi connectivity index (χ1v) is 7.52. The highest BCUT2D eigenvalue weighted by molar-refractivity contribution is 5.54. The molecule has 1 unspecified atom stereocenters. The predicted molar refractivity (Wildman–Crippen MR) is 80.4 cm³/mol. The van der Waals surface area contributed by atoms with Gasteiger partial charge < -0.3 is 5.32 Å². The summed E-state index contributed by atoms with van der Waals surface area (Å²) in [5.41, 5.74) is 2.57. The lowest BCUT2D eigenvalue weighted by atomic mass is 10.0. The number of unbranched alkanes of at least 4 members (excludes halogenated alkanes) is 2. The van der Waals surface area contributed by atoms with Crippen LogP contribution in [0.15, 0.2) is 30.6 Å². The summed E-state index contributed by atoms with van der Waals surface area (Å²) in [5, 5.41) is 8.12. The van der Waals surface area contributed by atoms with Crippen LogP contribution in [0.25, 0.3) is 5.52 Å². The summed E-state index contributed by atoms with van der Waals surface area (Å²) in [7, 11) is 0. The molecule has 3 nitrogen and oxygen atoms in total. The van der Waals surface area contributed by atoms with E-state index in [9.17, 15) is 0 Å². The molecule has 3 heteroatoms. The summed E-state index contributed by atoms with van der Waals surface area (Å²) in [4.78, 5) is 0. The molecular formula is C16H25N3. The van der Waals surface area contributed by atoms with Gasteiger partial charge in [-0.3, -0.25) is 0 Å². The molecule has 0 amide bonds. The Labute approximate surface area is 116 Å². The largest absolute Gasteiger partial charge is 0.310 e. The highest BCUT2D eigenvalue weighted by Crippen LogP contribution is 2.24. The number of fused-ring (bicyclic) bond motifs is 1. The van der Waals surface area contributed by atoms with Crippen molar-refractivity contribution in [2.45, 2.75) is 52.0 Å². The van der Waals surface area contributed by atoms with Crippen LogP contribution in [-0.2, 0) is 0 Å². The van der Waals surface area contributed by atoms with Crippen molar-refractivity contribution in [3.63, 3.8) is 0 Å². The quantitative estimate of drug-likeness (QED) is 0.727. The molecular weight excluding hydrogens is 234 g/mol. The van der Waals surface area contributed by atoms with Crippen LogP contribution in [0.5, 0.6) is 0 Å². The average Bonchev–Trinajstić information content (AvgIpc) is 2.87. The van der Waals surface area contributed by atoms with Crippen LogP contribution in [0.4, 0.5) is 0 Å². The highest BCUT2D eigenvalue weighted by Gasteiger charge is 2.15. The maximum Gasteiger partial charge on any atom is 0.0709 e. The van der Waals surface area contributed by atoms with Gasteiger partial charge in [0.15, 0.2) is 0 Å². The molecule has 0 saturated heterocycles. The van der Waals surface area contributed by atoms with Crippen LogP contribution in [0, 0.1) is 0 Å². The molecule has 0 aromatic carbocycles. The first kappa shape index (κ1) is 14.1. The van der Waals surface area contributed by atoms with Gasteiger partial charge in [0.2, 0.25) is 0 Å². The fourth-order valence-electron chi connectivity index (χ4n) is 2.51. The zero-order valence-electron chi connectivity index (χ0n) is 12.1. The van der Waals surface area contributed by atoms with E-state index in [1.807, 2.05) is 23.0 Å². The van der Waals surface area contributed by atoms with Crippen molar-refractivity contribution in [1.82, 2.24) is 14.9 Å². The Balaban J connectivity index is 2.15. The van der Waals surface area contributed by atoms with Crippen LogP contribution in [0.1, 0.15) is 57.6 Å². The summed E-state index contributed by atoms with van der Waals surface area (Å²) in [5.74, 6) is 0. The third-order valence-electron chi connectivity index (χ3n) is 3.57. The SMILES string of the molecule is CCCCCC(NCCC)c1cnn2ccccc12. The first-order valence-electron chi connectivity index (χ1n) is 7.52. The topological polar surface area (TPSA) is 29.3 Å². The van der Waals surface area contributed by atoms with Gasteiger partial charge in [-0.05, 0) is 31.5 Å². The number of rotatable bonds is 8. The first-order chi connectivity index (χ1) is 9.36. The van der Waals surface area contributed by atoms with Crippen LogP contribution in [-0.4, -0.2) is 16.2 Å². The molecule has 0 fully saturated rings. The minimum Gasteiger partial charge on any atom is -0.310 e. The van der Waals surface area contributed by atoms with Crippen molar-refractivity contribution >= 4 is 5.52 Å². The average molecular weight is 259 g/mol. The van der Waals surface area contributed by atoms with E-state index in [4.69, 9.17) is 0 Å². The lowest BCUT2D eigenvalue weighted by Gasteiger charge is -2.17. The van der Waals surface area contributed by atoms with E-state index in [1.165, 1.54) is 43.2 Å². The van der Waals surface area contributed by atoms with Gasteiger partial charge in [-0.15, -0.1) is 0 Å². The molecule has 0 saturated carbocycles. The highest BCUT2D eigenvalue weighted by atomic mass is 15.2. The van der Waals surface area contributed by atoms with Gasteiger partial charge in [0.1, 0.15) is 0 Å². The number of nitrogens with one attached hydrogen (secondary N) is 1. The van der Waals surface area contributed by atoms with E-state index in [2.05, 4.69) is 36.4 Å². The molecule has 0 aliphatic carbocycles. The van der Waals surface area contributed by atoms with Crippen molar-refractivity contribution in [3.8, 4) is 0 Å². The van der Waals surface area contributed by atoms with Gasteiger partial charge in [-0.2, -0.15) is 5.10 Å². The molecule has 0 aliphatic heterocycles. The fourth-order valence-corrected chi connectivity index (χ4v) is 2.51. The Morgan fingerprint density at radius 1 is 1.21 bits per heavy atom. The molecule has 104 valence electrons. The van der Waals surface area contributed by atoms with Gasteiger partial charge in [-0.25, -0.2) is 4.52 Å². The number of hydrogen-bond acceptors (Lipinski definition) is 2. The number of aromatic nitrogens is 2. The van der Waals surface area contributed by atoms with Crippen molar-refractivity contribution in [2.24, 2.45) is 0 Å². The summed E-state index contributed by atoms with van der Waals surface area (Å²) in [6.07, 6.45) is 10.3. The minimum atomic E-state index is 0.436. The maximum atomic E-state index is 4.45. The van der Waals surface area contributed by atoms with E-state index in [0.717, 1.165) is 6.54 Å². The zero-order chi connectivity index (χ0) is 13.5. The second kappa shape index (κ2) is 7.29. The van der Waals surface area contributed by atoms with E-state index in [-0.39, 0.29) is 0 Å². The van der Waals surface area contributed by atoms with Gasteiger partial charge in [0.25, 0.3) is 0 Å². The van der Waals surface area contributed by atoms with Crippen molar-refractivity contribution < 1.29 is 0 Å². The van der Waals surface area contributed by atoms with E-state index < -0.39 is 0 Å². The molecule has 2 aromatic heterocycles. The third kappa shape index (κ3) is 3.57. The van der Waals surface area contributed by atoms with E-state index in [0.29, 0.717) is 6.04 Å². The molecule has 19 heavy (non-hydrogen) atoms. The lowest BCUT2D eigenvalue weighted by molar-refractivity contribution is 0.477. The second-order valence-corrected chi connectivity index (χ2v) is 5.13. The Morgan fingerprint density at radius 2 is 2.11 bits per heavy atom. The molecule has 2 aromatic rings. The molecule has 0 spiro atoms. The summed E-state index contributed by atoms with van der Waals surface area (Å²) in [6.45, 7) is 5.54. The summed E-state index contributed by atoms with van der Waals surface area (Å²) < 4.78 is 1.97. The summed E-state index contributed by atoms with van der Waals surface area (Å²) in [6, 6.07) is 6.70. The fraction of sp³-hybridized carbons (Fsp3) is 0.562. The van der Waals surface area contributed by atoms with Gasteiger partial charge >= 0.3 is 0 Å². The van der Waals surface area contributed by atoms with Crippen molar-refractivity contribution in [3.05, 3.63) is 36.2 Å². The normalized spacial score (nSPS) is 12.9. The number of nitrogens with zero attached hydrogens (tertiary/aromatic N) is 2. The lowest BCUT2D eigenvalue weighted by Crippen LogP contribution is -2.22. The Bertz CT molecular complexity index is 489. The number of hydrogen-bond donors (Lipinski definition) is 1. The van der Waals surface area contributed by atoms with Crippen LogP contribution in [0.2, 0.25) is 0 Å². The van der Waals surface area contributed by atoms with Crippen LogP contribution in [0.3, 0.4) is 0 Å². The van der Waals surface area contributed by atoms with Gasteiger partial charge in [-0.1, -0.05) is 39.2 Å². The third-order valence-corrected chi connectivity index (χ3v) is 3.57.